The molecule has 0 radical (unpaired) electrons. The molecule has 1 heterocycles. The molecule has 0 spiro atoms. The van der Waals surface area contributed by atoms with Gasteiger partial charge in [0.05, 0.1) is 17.7 Å². The number of rotatable bonds is 4. The van der Waals surface area contributed by atoms with E-state index in [1.807, 2.05) is 17.5 Å². The molecule has 0 saturated carbocycles. The highest BCUT2D eigenvalue weighted by Gasteiger charge is 2.00. The van der Waals surface area contributed by atoms with Gasteiger partial charge in [0, 0.05) is 6.54 Å². The van der Waals surface area contributed by atoms with Crippen LogP contribution >= 0.6 is 11.3 Å². The maximum atomic E-state index is 8.95. The number of nitrogens with one attached hydrogen (secondary N) is 1. The third-order valence-electron chi connectivity index (χ3n) is 1.24. The van der Waals surface area contributed by atoms with Crippen molar-refractivity contribution in [3.05, 3.63) is 17.5 Å². The van der Waals surface area contributed by atoms with Crippen molar-refractivity contribution < 1.29 is 10.2 Å². The van der Waals surface area contributed by atoms with Crippen LogP contribution in [-0.2, 0) is 0 Å². The van der Waals surface area contributed by atoms with Gasteiger partial charge in [0.1, 0.15) is 0 Å². The zero-order chi connectivity index (χ0) is 8.10. The normalized spacial score (nSPS) is 12.9. The molecule has 4 heteroatoms. The predicted molar refractivity (Wildman–Crippen MR) is 45.9 cm³/mol. The monoisotopic (exact) mass is 173 g/mol. The summed E-state index contributed by atoms with van der Waals surface area (Å²) in [7, 11) is 0. The van der Waals surface area contributed by atoms with Crippen LogP contribution < -0.4 is 5.32 Å². The maximum Gasteiger partial charge on any atom is 0.0942 e. The molecule has 3 nitrogen and oxygen atoms in total. The van der Waals surface area contributed by atoms with E-state index in [1.54, 1.807) is 11.3 Å². The molecule has 0 aromatic carbocycles. The van der Waals surface area contributed by atoms with Crippen molar-refractivity contribution in [3.63, 3.8) is 0 Å². The number of anilines is 1. The molecule has 1 rings (SSSR count). The summed E-state index contributed by atoms with van der Waals surface area (Å²) < 4.78 is 0. The smallest absolute Gasteiger partial charge is 0.0942 e. The van der Waals surface area contributed by atoms with Crippen molar-refractivity contribution in [1.29, 1.82) is 0 Å². The van der Waals surface area contributed by atoms with Crippen LogP contribution in [0.25, 0.3) is 0 Å². The molecular formula is C7H11NO2S. The second-order valence-electron chi connectivity index (χ2n) is 2.19. The second-order valence-corrected chi connectivity index (χ2v) is 3.14. The third kappa shape index (κ3) is 2.88. The van der Waals surface area contributed by atoms with Gasteiger partial charge in [-0.1, -0.05) is 0 Å². The molecule has 0 bridgehead atoms. The quantitative estimate of drug-likeness (QED) is 0.622. The summed E-state index contributed by atoms with van der Waals surface area (Å²) in [5.41, 5.74) is 0. The number of aliphatic hydroxyl groups is 2. The van der Waals surface area contributed by atoms with Gasteiger partial charge in [-0.25, -0.2) is 0 Å². The fourth-order valence-corrected chi connectivity index (χ4v) is 1.29. The molecular weight excluding hydrogens is 162 g/mol. The van der Waals surface area contributed by atoms with E-state index in [9.17, 15) is 0 Å². The predicted octanol–water partition coefficient (Wildman–Crippen LogP) is 0.513. The van der Waals surface area contributed by atoms with Crippen molar-refractivity contribution in [3.8, 4) is 0 Å². The largest absolute Gasteiger partial charge is 0.394 e. The van der Waals surface area contributed by atoms with E-state index in [2.05, 4.69) is 5.32 Å². The zero-order valence-electron chi connectivity index (χ0n) is 6.03. The molecule has 1 aromatic heterocycles. The average Bonchev–Trinajstić information content (AvgIpc) is 2.52. The third-order valence-corrected chi connectivity index (χ3v) is 2.07. The molecule has 1 atom stereocenters. The van der Waals surface area contributed by atoms with Crippen LogP contribution in [0.5, 0.6) is 0 Å². The van der Waals surface area contributed by atoms with Gasteiger partial charge < -0.3 is 15.5 Å². The lowest BCUT2D eigenvalue weighted by Crippen LogP contribution is -2.22. The Morgan fingerprint density at radius 1 is 1.64 bits per heavy atom. The van der Waals surface area contributed by atoms with Crippen LogP contribution in [0, 0.1) is 0 Å². The molecule has 1 unspecified atom stereocenters. The highest BCUT2D eigenvalue weighted by molar-refractivity contribution is 7.14. The Balaban J connectivity index is 2.23. The summed E-state index contributed by atoms with van der Waals surface area (Å²) in [6, 6.07) is 3.85. The Kier molecular flexibility index (Phi) is 3.35. The van der Waals surface area contributed by atoms with Crippen LogP contribution in [0.3, 0.4) is 0 Å². The molecule has 62 valence electrons. The van der Waals surface area contributed by atoms with Crippen molar-refractivity contribution in [2.24, 2.45) is 0 Å². The Morgan fingerprint density at radius 2 is 2.45 bits per heavy atom. The molecule has 3 N–H and O–H groups in total. The van der Waals surface area contributed by atoms with Gasteiger partial charge in [0.25, 0.3) is 0 Å². The first-order chi connectivity index (χ1) is 5.33. The average molecular weight is 173 g/mol. The summed E-state index contributed by atoms with van der Waals surface area (Å²) in [4.78, 5) is 0. The molecule has 0 aliphatic rings. The molecule has 0 saturated heterocycles. The topological polar surface area (TPSA) is 52.5 Å². The highest BCUT2D eigenvalue weighted by Crippen LogP contribution is 2.14. The van der Waals surface area contributed by atoms with Gasteiger partial charge in [0.15, 0.2) is 0 Å². The number of hydrogen-bond acceptors (Lipinski definition) is 4. The molecule has 0 fully saturated rings. The van der Waals surface area contributed by atoms with Crippen LogP contribution in [0.1, 0.15) is 0 Å². The minimum atomic E-state index is -0.669. The minimum Gasteiger partial charge on any atom is -0.394 e. The number of thiophene rings is 1. The first-order valence-electron chi connectivity index (χ1n) is 3.39. The van der Waals surface area contributed by atoms with E-state index in [4.69, 9.17) is 10.2 Å². The van der Waals surface area contributed by atoms with Gasteiger partial charge >= 0.3 is 0 Å². The lowest BCUT2D eigenvalue weighted by Gasteiger charge is -2.07. The summed E-state index contributed by atoms with van der Waals surface area (Å²) in [6.45, 7) is 0.204. The van der Waals surface area contributed by atoms with E-state index in [0.717, 1.165) is 5.00 Å². The summed E-state index contributed by atoms with van der Waals surface area (Å²) in [6.07, 6.45) is -0.669. The Hall–Kier alpha value is -0.580. The molecule has 0 aliphatic heterocycles. The Labute approximate surface area is 69.3 Å². The number of aliphatic hydroxyl groups excluding tert-OH is 2. The first kappa shape index (κ1) is 8.52. The standard InChI is InChI=1S/C7H11NO2S/c9-5-6(10)4-8-7-2-1-3-11-7/h1-3,6,8-10H,4-5H2. The molecule has 11 heavy (non-hydrogen) atoms. The Bertz CT molecular complexity index is 188. The van der Waals surface area contributed by atoms with Crippen molar-refractivity contribution >= 4 is 16.3 Å². The van der Waals surface area contributed by atoms with Crippen molar-refractivity contribution in [2.75, 3.05) is 18.5 Å². The fourth-order valence-electron chi connectivity index (χ4n) is 0.662. The van der Waals surface area contributed by atoms with E-state index < -0.39 is 6.10 Å². The fraction of sp³-hybridized carbons (Fsp3) is 0.429. The van der Waals surface area contributed by atoms with Gasteiger partial charge in [-0.15, -0.1) is 11.3 Å². The van der Waals surface area contributed by atoms with Crippen LogP contribution in [0.15, 0.2) is 17.5 Å². The summed E-state index contributed by atoms with van der Waals surface area (Å²) in [5, 5.41) is 23.4. The summed E-state index contributed by atoms with van der Waals surface area (Å²) >= 11 is 1.57. The van der Waals surface area contributed by atoms with E-state index in [0.29, 0.717) is 6.54 Å². The van der Waals surface area contributed by atoms with Crippen molar-refractivity contribution in [2.45, 2.75) is 6.10 Å². The lowest BCUT2D eigenvalue weighted by atomic mass is 10.4. The van der Waals surface area contributed by atoms with Crippen molar-refractivity contribution in [1.82, 2.24) is 0 Å². The molecule has 1 aromatic rings. The summed E-state index contributed by atoms with van der Waals surface area (Å²) in [5.74, 6) is 0. The van der Waals surface area contributed by atoms with Crippen LogP contribution in [0.2, 0.25) is 0 Å². The van der Waals surface area contributed by atoms with Gasteiger partial charge in [-0.05, 0) is 17.5 Å². The van der Waals surface area contributed by atoms with Gasteiger partial charge in [0.2, 0.25) is 0 Å². The molecule has 0 aliphatic carbocycles. The van der Waals surface area contributed by atoms with Gasteiger partial charge in [-0.2, -0.15) is 0 Å². The van der Waals surface area contributed by atoms with Gasteiger partial charge in [-0.3, -0.25) is 0 Å². The van der Waals surface area contributed by atoms with E-state index in [1.165, 1.54) is 0 Å². The van der Waals surface area contributed by atoms with Crippen LogP contribution in [0.4, 0.5) is 5.00 Å². The SMILES string of the molecule is OCC(O)CNc1cccs1. The lowest BCUT2D eigenvalue weighted by molar-refractivity contribution is 0.105. The minimum absolute atomic E-state index is 0.196. The molecule has 0 amide bonds. The Morgan fingerprint density at radius 3 is 3.00 bits per heavy atom. The highest BCUT2D eigenvalue weighted by atomic mass is 32.1. The second kappa shape index (κ2) is 4.33. The number of hydrogen-bond donors (Lipinski definition) is 3. The van der Waals surface area contributed by atoms with Crippen LogP contribution in [-0.4, -0.2) is 29.5 Å². The maximum absolute atomic E-state index is 8.95. The first-order valence-corrected chi connectivity index (χ1v) is 4.27. The zero-order valence-corrected chi connectivity index (χ0v) is 6.84. The van der Waals surface area contributed by atoms with E-state index in [-0.39, 0.29) is 6.61 Å². The van der Waals surface area contributed by atoms with E-state index >= 15 is 0 Å².